The lowest BCUT2D eigenvalue weighted by Gasteiger charge is -2.27. The Labute approximate surface area is 188 Å². The molecule has 4 amide bonds. The van der Waals surface area contributed by atoms with E-state index in [1.165, 1.54) is 13.2 Å². The molecule has 1 saturated heterocycles. The molecule has 158 valence electrons. The summed E-state index contributed by atoms with van der Waals surface area (Å²) in [4.78, 5) is 38.9. The van der Waals surface area contributed by atoms with Gasteiger partial charge in [0.2, 0.25) is 0 Å². The molecule has 1 fully saturated rings. The van der Waals surface area contributed by atoms with E-state index in [2.05, 4.69) is 27.2 Å². The molecule has 0 bridgehead atoms. The maximum atomic E-state index is 13.1. The van der Waals surface area contributed by atoms with Crippen molar-refractivity contribution >= 4 is 45.5 Å². The van der Waals surface area contributed by atoms with Crippen LogP contribution in [0.2, 0.25) is 0 Å². The smallest absolute Gasteiger partial charge is 0.335 e. The number of barbiturate groups is 1. The molecule has 8 heteroatoms. The maximum absolute atomic E-state index is 13.1. The van der Waals surface area contributed by atoms with E-state index in [-0.39, 0.29) is 12.2 Å². The zero-order chi connectivity index (χ0) is 22.7. The number of terminal acetylenes is 1. The molecule has 2 aromatic rings. The molecular weight excluding hydrogens is 464 g/mol. The molecule has 0 unspecified atom stereocenters. The first-order valence-corrected chi connectivity index (χ1v) is 9.98. The highest BCUT2D eigenvalue weighted by Crippen LogP contribution is 2.35. The number of carbonyl (C=O) groups is 3. The molecule has 0 aliphatic carbocycles. The third kappa shape index (κ3) is 4.47. The zero-order valence-corrected chi connectivity index (χ0v) is 18.7. The summed E-state index contributed by atoms with van der Waals surface area (Å²) in [5.74, 6) is 1.64. The standard InChI is InChI=1S/C23H19BrN2O5/c1-5-8-31-20-12-18(24)15(11-19(20)30-4)10-17-21(27)25-23(29)26(22(17)28)16-7-6-13(2)14(3)9-16/h1,6-7,9-12H,8H2,2-4H3,(H,25,27,29). The van der Waals surface area contributed by atoms with Crippen LogP contribution < -0.4 is 19.7 Å². The quantitative estimate of drug-likeness (QED) is 0.398. The van der Waals surface area contributed by atoms with Crippen molar-refractivity contribution in [3.8, 4) is 23.8 Å². The summed E-state index contributed by atoms with van der Waals surface area (Å²) in [6.45, 7) is 3.85. The van der Waals surface area contributed by atoms with E-state index < -0.39 is 17.8 Å². The Kier molecular flexibility index (Phi) is 6.47. The Hall–Kier alpha value is -3.57. The minimum absolute atomic E-state index is 0.0527. The summed E-state index contributed by atoms with van der Waals surface area (Å²) in [7, 11) is 1.46. The fourth-order valence-electron chi connectivity index (χ4n) is 2.97. The number of hydrogen-bond acceptors (Lipinski definition) is 5. The Morgan fingerprint density at radius 3 is 2.52 bits per heavy atom. The second kappa shape index (κ2) is 9.06. The molecule has 7 nitrogen and oxygen atoms in total. The van der Waals surface area contributed by atoms with Gasteiger partial charge in [0.15, 0.2) is 11.5 Å². The third-order valence-electron chi connectivity index (χ3n) is 4.74. The van der Waals surface area contributed by atoms with Gasteiger partial charge in [-0.05, 0) is 60.9 Å². The number of imide groups is 2. The molecule has 0 spiro atoms. The van der Waals surface area contributed by atoms with Crippen LogP contribution in [0.5, 0.6) is 11.5 Å². The summed E-state index contributed by atoms with van der Waals surface area (Å²) < 4.78 is 11.3. The van der Waals surface area contributed by atoms with E-state index in [1.54, 1.807) is 30.3 Å². The number of methoxy groups -OCH3 is 1. The normalized spacial score (nSPS) is 15.0. The van der Waals surface area contributed by atoms with Crippen molar-refractivity contribution in [3.05, 3.63) is 57.1 Å². The highest BCUT2D eigenvalue weighted by atomic mass is 79.9. The van der Waals surface area contributed by atoms with E-state index >= 15 is 0 Å². The van der Waals surface area contributed by atoms with Gasteiger partial charge < -0.3 is 9.47 Å². The number of anilines is 1. The number of amides is 4. The van der Waals surface area contributed by atoms with Crippen LogP contribution in [0.1, 0.15) is 16.7 Å². The fourth-order valence-corrected chi connectivity index (χ4v) is 3.40. The van der Waals surface area contributed by atoms with E-state index in [1.807, 2.05) is 13.8 Å². The number of nitrogens with zero attached hydrogens (tertiary/aromatic N) is 1. The van der Waals surface area contributed by atoms with Gasteiger partial charge in [-0.3, -0.25) is 14.9 Å². The summed E-state index contributed by atoms with van der Waals surface area (Å²) in [6, 6.07) is 7.60. The van der Waals surface area contributed by atoms with Crippen LogP contribution in [-0.2, 0) is 9.59 Å². The lowest BCUT2D eigenvalue weighted by molar-refractivity contribution is -0.122. The van der Waals surface area contributed by atoms with Crippen molar-refractivity contribution in [2.24, 2.45) is 0 Å². The highest BCUT2D eigenvalue weighted by Gasteiger charge is 2.37. The first-order chi connectivity index (χ1) is 14.8. The minimum atomic E-state index is -0.801. The number of rotatable bonds is 5. The average Bonchev–Trinajstić information content (AvgIpc) is 2.73. The number of benzene rings is 2. The molecule has 0 radical (unpaired) electrons. The molecule has 0 saturated carbocycles. The largest absolute Gasteiger partial charge is 0.493 e. The van der Waals surface area contributed by atoms with Crippen LogP contribution >= 0.6 is 15.9 Å². The van der Waals surface area contributed by atoms with Gasteiger partial charge in [0.1, 0.15) is 12.2 Å². The van der Waals surface area contributed by atoms with Gasteiger partial charge >= 0.3 is 6.03 Å². The van der Waals surface area contributed by atoms with Crippen LogP contribution in [0.15, 0.2) is 40.4 Å². The van der Waals surface area contributed by atoms with Gasteiger partial charge in [0, 0.05) is 4.47 Å². The number of ether oxygens (including phenoxy) is 2. The molecule has 2 aromatic carbocycles. The Bertz CT molecular complexity index is 1160. The van der Waals surface area contributed by atoms with Gasteiger partial charge in [-0.25, -0.2) is 9.69 Å². The highest BCUT2D eigenvalue weighted by molar-refractivity contribution is 9.10. The molecule has 1 aliphatic heterocycles. The van der Waals surface area contributed by atoms with Crippen LogP contribution in [-0.4, -0.2) is 31.6 Å². The molecule has 31 heavy (non-hydrogen) atoms. The minimum Gasteiger partial charge on any atom is -0.493 e. The first kappa shape index (κ1) is 22.1. The van der Waals surface area contributed by atoms with Crippen molar-refractivity contribution in [2.75, 3.05) is 18.6 Å². The molecular formula is C23H19BrN2O5. The van der Waals surface area contributed by atoms with Gasteiger partial charge in [-0.15, -0.1) is 6.42 Å². The first-order valence-electron chi connectivity index (χ1n) is 9.19. The van der Waals surface area contributed by atoms with Crippen LogP contribution in [0, 0.1) is 26.2 Å². The van der Waals surface area contributed by atoms with E-state index in [9.17, 15) is 14.4 Å². The zero-order valence-electron chi connectivity index (χ0n) is 17.1. The molecule has 1 N–H and O–H groups in total. The Balaban J connectivity index is 2.04. The molecule has 1 heterocycles. The molecule has 0 atom stereocenters. The predicted octanol–water partition coefficient (Wildman–Crippen LogP) is 3.75. The lowest BCUT2D eigenvalue weighted by atomic mass is 10.0. The van der Waals surface area contributed by atoms with E-state index in [0.29, 0.717) is 27.2 Å². The summed E-state index contributed by atoms with van der Waals surface area (Å²) in [6.07, 6.45) is 6.61. The van der Waals surface area contributed by atoms with Gasteiger partial charge in [0.05, 0.1) is 12.8 Å². The lowest BCUT2D eigenvalue weighted by Crippen LogP contribution is -2.54. The summed E-state index contributed by atoms with van der Waals surface area (Å²) >= 11 is 3.40. The third-order valence-corrected chi connectivity index (χ3v) is 5.43. The van der Waals surface area contributed by atoms with E-state index in [4.69, 9.17) is 15.9 Å². The number of aryl methyl sites for hydroxylation is 2. The van der Waals surface area contributed by atoms with Crippen molar-refractivity contribution in [2.45, 2.75) is 13.8 Å². The number of carbonyl (C=O) groups excluding carboxylic acids is 3. The number of halogens is 1. The van der Waals surface area contributed by atoms with Crippen LogP contribution in [0.3, 0.4) is 0 Å². The SMILES string of the molecule is C#CCOc1cc(Br)c(C=C2C(=O)NC(=O)N(c3ccc(C)c(C)c3)C2=O)cc1OC. The second-order valence-electron chi connectivity index (χ2n) is 6.74. The van der Waals surface area contributed by atoms with Crippen LogP contribution in [0.4, 0.5) is 10.5 Å². The summed E-state index contributed by atoms with van der Waals surface area (Å²) in [5, 5.41) is 2.22. The van der Waals surface area contributed by atoms with Crippen molar-refractivity contribution < 1.29 is 23.9 Å². The van der Waals surface area contributed by atoms with Crippen LogP contribution in [0.25, 0.3) is 6.08 Å². The number of urea groups is 1. The fraction of sp³-hybridized carbons (Fsp3) is 0.174. The average molecular weight is 483 g/mol. The van der Waals surface area contributed by atoms with Crippen molar-refractivity contribution in [1.29, 1.82) is 0 Å². The second-order valence-corrected chi connectivity index (χ2v) is 7.60. The van der Waals surface area contributed by atoms with Gasteiger partial charge in [0.25, 0.3) is 11.8 Å². The summed E-state index contributed by atoms with van der Waals surface area (Å²) in [5.41, 5.74) is 2.59. The molecule has 0 aromatic heterocycles. The van der Waals surface area contributed by atoms with E-state index in [0.717, 1.165) is 16.0 Å². The van der Waals surface area contributed by atoms with Gasteiger partial charge in [-0.1, -0.05) is 27.9 Å². The Morgan fingerprint density at radius 1 is 1.13 bits per heavy atom. The molecule has 1 aliphatic rings. The topological polar surface area (TPSA) is 84.9 Å². The van der Waals surface area contributed by atoms with Gasteiger partial charge in [-0.2, -0.15) is 0 Å². The maximum Gasteiger partial charge on any atom is 0.335 e. The predicted molar refractivity (Wildman–Crippen MR) is 120 cm³/mol. The monoisotopic (exact) mass is 482 g/mol. The van der Waals surface area contributed by atoms with Crippen molar-refractivity contribution in [1.82, 2.24) is 5.32 Å². The van der Waals surface area contributed by atoms with Crippen molar-refractivity contribution in [3.63, 3.8) is 0 Å². The number of nitrogens with one attached hydrogen (secondary N) is 1. The number of hydrogen-bond donors (Lipinski definition) is 1. The Morgan fingerprint density at radius 2 is 1.87 bits per heavy atom. The molecule has 3 rings (SSSR count).